The van der Waals surface area contributed by atoms with Gasteiger partial charge in [-0.3, -0.25) is 9.78 Å². The minimum absolute atomic E-state index is 0.0305. The van der Waals surface area contributed by atoms with Crippen LogP contribution in [0.5, 0.6) is 0 Å². The number of hydrogen-bond acceptors (Lipinski definition) is 3. The fraction of sp³-hybridized carbons (Fsp3) is 0.364. The van der Waals surface area contributed by atoms with Gasteiger partial charge in [-0.1, -0.05) is 12.2 Å². The maximum absolute atomic E-state index is 12.2. The third-order valence-electron chi connectivity index (χ3n) is 2.16. The highest BCUT2D eigenvalue weighted by molar-refractivity contribution is 9.10. The summed E-state index contributed by atoms with van der Waals surface area (Å²) < 4.78 is 0.766. The highest BCUT2D eigenvalue weighted by atomic mass is 79.9. The maximum Gasteiger partial charge on any atom is 0.256 e. The largest absolute Gasteiger partial charge is 0.392 e. The van der Waals surface area contributed by atoms with Crippen LogP contribution in [0.4, 0.5) is 0 Å². The van der Waals surface area contributed by atoms with Crippen LogP contribution in [0.15, 0.2) is 22.9 Å². The number of hydrogen-bond donors (Lipinski definition) is 1. The zero-order chi connectivity index (χ0) is 13.0. The molecular weight excluding hydrogens is 302 g/mol. The van der Waals surface area contributed by atoms with Gasteiger partial charge in [-0.15, -0.1) is 0 Å². The van der Waals surface area contributed by atoms with Crippen LogP contribution in [0.1, 0.15) is 24.2 Å². The van der Waals surface area contributed by atoms with E-state index in [2.05, 4.69) is 20.9 Å². The van der Waals surface area contributed by atoms with Gasteiger partial charge in [0.1, 0.15) is 0 Å². The fourth-order valence-corrected chi connectivity index (χ4v) is 1.86. The lowest BCUT2D eigenvalue weighted by atomic mass is 10.2. The first-order chi connectivity index (χ1) is 7.91. The molecule has 0 unspecified atom stereocenters. The molecular formula is C11H14BrN3OS. The molecule has 0 aliphatic rings. The number of carbonyl (C=O) groups excluding carboxylic acids is 1. The molecule has 17 heavy (non-hydrogen) atoms. The Morgan fingerprint density at radius 1 is 1.59 bits per heavy atom. The van der Waals surface area contributed by atoms with Crippen molar-refractivity contribution < 1.29 is 4.79 Å². The summed E-state index contributed by atoms with van der Waals surface area (Å²) >= 11 is 8.13. The smallest absolute Gasteiger partial charge is 0.256 e. The van der Waals surface area contributed by atoms with E-state index in [0.717, 1.165) is 4.47 Å². The van der Waals surface area contributed by atoms with E-state index in [-0.39, 0.29) is 18.5 Å². The second-order valence-electron chi connectivity index (χ2n) is 3.88. The molecule has 4 nitrogen and oxygen atoms in total. The minimum atomic E-state index is -0.124. The van der Waals surface area contributed by atoms with Crippen LogP contribution in [0, 0.1) is 0 Å². The van der Waals surface area contributed by atoms with E-state index in [9.17, 15) is 4.79 Å². The van der Waals surface area contributed by atoms with E-state index in [4.69, 9.17) is 18.0 Å². The summed E-state index contributed by atoms with van der Waals surface area (Å²) in [4.78, 5) is 18.1. The lowest BCUT2D eigenvalue weighted by Crippen LogP contribution is -2.42. The molecule has 1 aromatic rings. The van der Waals surface area contributed by atoms with E-state index >= 15 is 0 Å². The Morgan fingerprint density at radius 2 is 2.24 bits per heavy atom. The van der Waals surface area contributed by atoms with Gasteiger partial charge in [0.05, 0.1) is 17.1 Å². The third-order valence-corrected chi connectivity index (χ3v) is 2.72. The summed E-state index contributed by atoms with van der Waals surface area (Å²) in [6.07, 6.45) is 3.16. The van der Waals surface area contributed by atoms with Gasteiger partial charge in [-0.25, -0.2) is 0 Å². The predicted octanol–water partition coefficient (Wildman–Crippen LogP) is 1.98. The summed E-state index contributed by atoms with van der Waals surface area (Å²) in [5.74, 6) is -0.124. The SMILES string of the molecule is CC(C)N(CC(N)=S)C(=O)c1cncc(Br)c1. The number of carbonyl (C=O) groups is 1. The van der Waals surface area contributed by atoms with Crippen LogP contribution in [-0.4, -0.2) is 33.4 Å². The van der Waals surface area contributed by atoms with Crippen LogP contribution in [0.25, 0.3) is 0 Å². The molecule has 6 heteroatoms. The summed E-state index contributed by atoms with van der Waals surface area (Å²) in [6.45, 7) is 4.11. The van der Waals surface area contributed by atoms with E-state index < -0.39 is 0 Å². The first kappa shape index (κ1) is 14.1. The van der Waals surface area contributed by atoms with E-state index in [0.29, 0.717) is 10.6 Å². The topological polar surface area (TPSA) is 59.2 Å². The van der Waals surface area contributed by atoms with Gasteiger partial charge in [0, 0.05) is 22.9 Å². The van der Waals surface area contributed by atoms with E-state index in [1.54, 1.807) is 17.2 Å². The molecule has 92 valence electrons. The summed E-state index contributed by atoms with van der Waals surface area (Å²) in [5.41, 5.74) is 6.01. The normalized spacial score (nSPS) is 10.4. The molecule has 0 bridgehead atoms. The Kier molecular flexibility index (Phi) is 5.02. The summed E-state index contributed by atoms with van der Waals surface area (Å²) in [7, 11) is 0. The van der Waals surface area contributed by atoms with Crippen LogP contribution < -0.4 is 5.73 Å². The average Bonchev–Trinajstić information content (AvgIpc) is 2.24. The first-order valence-corrected chi connectivity index (χ1v) is 6.31. The van der Waals surface area contributed by atoms with Gasteiger partial charge in [0.2, 0.25) is 0 Å². The second kappa shape index (κ2) is 6.07. The van der Waals surface area contributed by atoms with Crippen LogP contribution >= 0.6 is 28.1 Å². The zero-order valence-electron chi connectivity index (χ0n) is 9.68. The van der Waals surface area contributed by atoms with Crippen molar-refractivity contribution in [2.45, 2.75) is 19.9 Å². The highest BCUT2D eigenvalue weighted by Gasteiger charge is 2.19. The average molecular weight is 316 g/mol. The van der Waals surface area contributed by atoms with Crippen molar-refractivity contribution >= 4 is 39.0 Å². The Bertz CT molecular complexity index is 436. The van der Waals surface area contributed by atoms with Crippen LogP contribution in [-0.2, 0) is 0 Å². The maximum atomic E-state index is 12.2. The standard InChI is InChI=1S/C11H14BrN3OS/c1-7(2)15(6-10(13)17)11(16)8-3-9(12)5-14-4-8/h3-5,7H,6H2,1-2H3,(H2,13,17). The molecule has 1 rings (SSSR count). The molecule has 0 saturated heterocycles. The molecule has 2 N–H and O–H groups in total. The van der Waals surface area contributed by atoms with Gasteiger partial charge >= 0.3 is 0 Å². The molecule has 0 radical (unpaired) electrons. The molecule has 0 aromatic carbocycles. The van der Waals surface area contributed by atoms with Crippen molar-refractivity contribution in [3.8, 4) is 0 Å². The van der Waals surface area contributed by atoms with E-state index in [1.165, 1.54) is 6.20 Å². The third kappa shape index (κ3) is 4.05. The number of amides is 1. The van der Waals surface area contributed by atoms with Crippen LogP contribution in [0.3, 0.4) is 0 Å². The Balaban J connectivity index is 2.95. The monoisotopic (exact) mass is 315 g/mol. The molecule has 0 atom stereocenters. The first-order valence-electron chi connectivity index (χ1n) is 5.11. The van der Waals surface area contributed by atoms with Crippen molar-refractivity contribution in [3.63, 3.8) is 0 Å². The predicted molar refractivity (Wildman–Crippen MR) is 74.9 cm³/mol. The summed E-state index contributed by atoms with van der Waals surface area (Å²) in [6, 6.07) is 1.76. The van der Waals surface area contributed by atoms with Crippen molar-refractivity contribution in [3.05, 3.63) is 28.5 Å². The van der Waals surface area contributed by atoms with Crippen molar-refractivity contribution in [1.29, 1.82) is 0 Å². The highest BCUT2D eigenvalue weighted by Crippen LogP contribution is 2.13. The van der Waals surface area contributed by atoms with Gasteiger partial charge in [0.25, 0.3) is 5.91 Å². The van der Waals surface area contributed by atoms with Crippen LogP contribution in [0.2, 0.25) is 0 Å². The quantitative estimate of drug-likeness (QED) is 0.863. The van der Waals surface area contributed by atoms with E-state index in [1.807, 2.05) is 13.8 Å². The zero-order valence-corrected chi connectivity index (χ0v) is 12.1. The second-order valence-corrected chi connectivity index (χ2v) is 5.33. The van der Waals surface area contributed by atoms with Gasteiger partial charge in [-0.2, -0.15) is 0 Å². The molecule has 1 heterocycles. The number of thiocarbonyl (C=S) groups is 1. The molecule has 0 spiro atoms. The lowest BCUT2D eigenvalue weighted by molar-refractivity contribution is 0.0735. The number of halogens is 1. The molecule has 0 aliphatic heterocycles. The molecule has 1 aromatic heterocycles. The van der Waals surface area contributed by atoms with Crippen molar-refractivity contribution in [2.24, 2.45) is 5.73 Å². The molecule has 0 aliphatic carbocycles. The Labute approximate surface area is 114 Å². The van der Waals surface area contributed by atoms with Crippen molar-refractivity contribution in [1.82, 2.24) is 9.88 Å². The number of nitrogens with zero attached hydrogens (tertiary/aromatic N) is 2. The Morgan fingerprint density at radius 3 is 2.71 bits per heavy atom. The number of rotatable bonds is 4. The Hall–Kier alpha value is -1.01. The minimum Gasteiger partial charge on any atom is -0.392 e. The lowest BCUT2D eigenvalue weighted by Gasteiger charge is -2.26. The van der Waals surface area contributed by atoms with Crippen molar-refractivity contribution in [2.75, 3.05) is 6.54 Å². The fourth-order valence-electron chi connectivity index (χ4n) is 1.35. The number of aromatic nitrogens is 1. The molecule has 1 amide bonds. The molecule has 0 fully saturated rings. The number of nitrogens with two attached hydrogens (primary N) is 1. The van der Waals surface area contributed by atoms with Gasteiger partial charge < -0.3 is 10.6 Å². The van der Waals surface area contributed by atoms with Gasteiger partial charge in [-0.05, 0) is 35.8 Å². The number of pyridine rings is 1. The van der Waals surface area contributed by atoms with Gasteiger partial charge in [0.15, 0.2) is 0 Å². The summed E-state index contributed by atoms with van der Waals surface area (Å²) in [5, 5.41) is 0. The molecule has 0 saturated carbocycles.